The summed E-state index contributed by atoms with van der Waals surface area (Å²) in [4.78, 5) is 24.4. The van der Waals surface area contributed by atoms with E-state index in [9.17, 15) is 22.8 Å². The zero-order chi connectivity index (χ0) is 27.4. The maximum Gasteiger partial charge on any atom is 0.416 e. The van der Waals surface area contributed by atoms with Crippen molar-refractivity contribution in [2.45, 2.75) is 19.7 Å². The lowest BCUT2D eigenvalue weighted by Crippen LogP contribution is -2.09. The van der Waals surface area contributed by atoms with E-state index in [1.165, 1.54) is 13.2 Å². The van der Waals surface area contributed by atoms with Gasteiger partial charge in [-0.05, 0) is 83.3 Å². The van der Waals surface area contributed by atoms with E-state index in [0.717, 1.165) is 28.8 Å². The van der Waals surface area contributed by atoms with Gasteiger partial charge in [0, 0.05) is 10.6 Å². The molecule has 0 fully saturated rings. The van der Waals surface area contributed by atoms with Crippen molar-refractivity contribution in [2.75, 3.05) is 7.11 Å². The first-order chi connectivity index (χ1) is 18.1. The third kappa shape index (κ3) is 5.89. The molecule has 0 aliphatic carbocycles. The van der Waals surface area contributed by atoms with Crippen molar-refractivity contribution in [1.82, 2.24) is 0 Å². The second kappa shape index (κ2) is 11.1. The Kier molecular flexibility index (Phi) is 7.88. The molecule has 4 aromatic rings. The third-order valence-corrected chi connectivity index (χ3v) is 6.35. The number of carbonyl (C=O) groups is 2. The topological polar surface area (TPSA) is 52.6 Å². The molecular weight excluding hydrogens is 517 g/mol. The number of aryl methyl sites for hydroxylation is 1. The standard InChI is InChI=1S/C30H22ClF3O4/c1-18-14-21(28(35)37-2)8-11-24(18)20-9-13-27(31)26(16-20)25-12-10-23(30(32,33)34)15-22(25)17-38-29(36)19-6-4-3-5-7-19/h3-16H,17H2,1-2H3. The average Bonchev–Trinajstić information content (AvgIpc) is 2.91. The third-order valence-electron chi connectivity index (χ3n) is 6.02. The van der Waals surface area contributed by atoms with Gasteiger partial charge in [-0.15, -0.1) is 0 Å². The van der Waals surface area contributed by atoms with Gasteiger partial charge in [0.25, 0.3) is 0 Å². The molecule has 194 valence electrons. The fourth-order valence-electron chi connectivity index (χ4n) is 4.08. The van der Waals surface area contributed by atoms with Gasteiger partial charge in [0.2, 0.25) is 0 Å². The van der Waals surface area contributed by atoms with E-state index < -0.39 is 23.7 Å². The number of rotatable bonds is 6. The number of benzene rings is 4. The summed E-state index contributed by atoms with van der Waals surface area (Å²) in [5, 5.41) is 0.313. The van der Waals surface area contributed by atoms with Gasteiger partial charge < -0.3 is 9.47 Å². The summed E-state index contributed by atoms with van der Waals surface area (Å²) >= 11 is 6.51. The van der Waals surface area contributed by atoms with Crippen LogP contribution in [0.5, 0.6) is 0 Å². The molecule has 0 aromatic heterocycles. The van der Waals surface area contributed by atoms with Gasteiger partial charge in [-0.2, -0.15) is 13.2 Å². The Balaban J connectivity index is 1.75. The van der Waals surface area contributed by atoms with E-state index >= 15 is 0 Å². The number of ether oxygens (including phenoxy) is 2. The zero-order valence-electron chi connectivity index (χ0n) is 20.4. The van der Waals surface area contributed by atoms with E-state index in [0.29, 0.717) is 21.7 Å². The molecule has 0 saturated carbocycles. The van der Waals surface area contributed by atoms with Gasteiger partial charge in [0.1, 0.15) is 6.61 Å². The molecule has 4 rings (SSSR count). The van der Waals surface area contributed by atoms with Crippen LogP contribution in [0.1, 0.15) is 37.4 Å². The van der Waals surface area contributed by atoms with Crippen molar-refractivity contribution in [3.05, 3.63) is 118 Å². The highest BCUT2D eigenvalue weighted by Crippen LogP contribution is 2.38. The maximum atomic E-state index is 13.5. The highest BCUT2D eigenvalue weighted by Gasteiger charge is 2.31. The van der Waals surface area contributed by atoms with Crippen LogP contribution in [0.25, 0.3) is 22.3 Å². The highest BCUT2D eigenvalue weighted by molar-refractivity contribution is 6.33. The first-order valence-electron chi connectivity index (χ1n) is 11.5. The quantitative estimate of drug-likeness (QED) is 0.232. The lowest BCUT2D eigenvalue weighted by molar-refractivity contribution is -0.137. The Morgan fingerprint density at radius 3 is 2.16 bits per heavy atom. The molecule has 8 heteroatoms. The van der Waals surface area contributed by atoms with Crippen molar-refractivity contribution in [3.8, 4) is 22.3 Å². The van der Waals surface area contributed by atoms with Crippen molar-refractivity contribution < 1.29 is 32.2 Å². The van der Waals surface area contributed by atoms with Crippen LogP contribution in [0, 0.1) is 6.92 Å². The summed E-state index contributed by atoms with van der Waals surface area (Å²) in [5.74, 6) is -1.12. The maximum absolute atomic E-state index is 13.5. The number of methoxy groups -OCH3 is 1. The largest absolute Gasteiger partial charge is 0.465 e. The van der Waals surface area contributed by atoms with Crippen molar-refractivity contribution in [2.24, 2.45) is 0 Å². The first kappa shape index (κ1) is 26.9. The summed E-state index contributed by atoms with van der Waals surface area (Å²) < 4.78 is 50.7. The Morgan fingerprint density at radius 1 is 0.789 bits per heavy atom. The molecule has 0 heterocycles. The molecule has 0 radical (unpaired) electrons. The first-order valence-corrected chi connectivity index (χ1v) is 11.9. The Bertz CT molecular complexity index is 1500. The minimum atomic E-state index is -4.58. The highest BCUT2D eigenvalue weighted by atomic mass is 35.5. The average molecular weight is 539 g/mol. The molecule has 4 nitrogen and oxygen atoms in total. The van der Waals surface area contributed by atoms with Crippen molar-refractivity contribution in [3.63, 3.8) is 0 Å². The van der Waals surface area contributed by atoms with Crippen LogP contribution in [0.2, 0.25) is 5.02 Å². The number of hydrogen-bond donors (Lipinski definition) is 0. The molecule has 0 amide bonds. The molecule has 38 heavy (non-hydrogen) atoms. The fourth-order valence-corrected chi connectivity index (χ4v) is 4.30. The molecule has 0 saturated heterocycles. The molecule has 0 spiro atoms. The molecule has 0 bridgehead atoms. The predicted molar refractivity (Wildman–Crippen MR) is 139 cm³/mol. The monoisotopic (exact) mass is 538 g/mol. The molecule has 0 unspecified atom stereocenters. The summed E-state index contributed by atoms with van der Waals surface area (Å²) in [6.07, 6.45) is -4.58. The number of halogens is 4. The lowest BCUT2D eigenvalue weighted by atomic mass is 9.92. The Hall–Kier alpha value is -4.10. The van der Waals surface area contributed by atoms with Crippen LogP contribution < -0.4 is 0 Å². The number of alkyl halides is 3. The SMILES string of the molecule is COC(=O)c1ccc(-c2ccc(Cl)c(-c3ccc(C(F)(F)F)cc3COC(=O)c3ccccc3)c2)c(C)c1. The normalized spacial score (nSPS) is 11.2. The minimum Gasteiger partial charge on any atom is -0.465 e. The van der Waals surface area contributed by atoms with Gasteiger partial charge in [-0.25, -0.2) is 9.59 Å². The van der Waals surface area contributed by atoms with Crippen LogP contribution in [0.15, 0.2) is 84.9 Å². The van der Waals surface area contributed by atoms with Crippen molar-refractivity contribution >= 4 is 23.5 Å². The number of esters is 2. The summed E-state index contributed by atoms with van der Waals surface area (Å²) in [7, 11) is 1.30. The lowest BCUT2D eigenvalue weighted by Gasteiger charge is -2.17. The zero-order valence-corrected chi connectivity index (χ0v) is 21.2. The van der Waals surface area contributed by atoms with Gasteiger partial charge in [-0.3, -0.25) is 0 Å². The van der Waals surface area contributed by atoms with Crippen LogP contribution in [0.4, 0.5) is 13.2 Å². The number of hydrogen-bond acceptors (Lipinski definition) is 4. The van der Waals surface area contributed by atoms with Crippen LogP contribution in [0.3, 0.4) is 0 Å². The predicted octanol–water partition coefficient (Wildman–Crippen LogP) is 8.14. The van der Waals surface area contributed by atoms with Gasteiger partial charge >= 0.3 is 18.1 Å². The van der Waals surface area contributed by atoms with Crippen molar-refractivity contribution in [1.29, 1.82) is 0 Å². The van der Waals surface area contributed by atoms with E-state index in [2.05, 4.69) is 0 Å². The van der Waals surface area contributed by atoms with Crippen LogP contribution >= 0.6 is 11.6 Å². The number of carbonyl (C=O) groups excluding carboxylic acids is 2. The van der Waals surface area contributed by atoms with E-state index in [1.54, 1.807) is 66.7 Å². The van der Waals surface area contributed by atoms with Gasteiger partial charge in [0.05, 0.1) is 23.8 Å². The second-order valence-corrected chi connectivity index (χ2v) is 8.93. The summed E-state index contributed by atoms with van der Waals surface area (Å²) in [5.41, 5.74) is 3.18. The smallest absolute Gasteiger partial charge is 0.416 e. The molecule has 4 aromatic carbocycles. The second-order valence-electron chi connectivity index (χ2n) is 8.53. The van der Waals surface area contributed by atoms with E-state index in [-0.39, 0.29) is 17.7 Å². The van der Waals surface area contributed by atoms with Crippen LogP contribution in [-0.2, 0) is 22.3 Å². The Morgan fingerprint density at radius 2 is 1.50 bits per heavy atom. The fraction of sp³-hybridized carbons (Fsp3) is 0.133. The van der Waals surface area contributed by atoms with Gasteiger partial charge in [-0.1, -0.05) is 48.0 Å². The molecule has 0 aliphatic heterocycles. The van der Waals surface area contributed by atoms with E-state index in [1.807, 2.05) is 6.92 Å². The molecule has 0 N–H and O–H groups in total. The minimum absolute atomic E-state index is 0.154. The summed E-state index contributed by atoms with van der Waals surface area (Å²) in [6.45, 7) is 1.45. The molecular formula is C30H22ClF3O4. The Labute approximate surface area is 222 Å². The van der Waals surface area contributed by atoms with Gasteiger partial charge in [0.15, 0.2) is 0 Å². The summed E-state index contributed by atoms with van der Waals surface area (Å²) in [6, 6.07) is 21.7. The molecule has 0 aliphatic rings. The van der Waals surface area contributed by atoms with Crippen LogP contribution in [-0.4, -0.2) is 19.0 Å². The van der Waals surface area contributed by atoms with E-state index in [4.69, 9.17) is 21.1 Å². The molecule has 0 atom stereocenters.